The summed E-state index contributed by atoms with van der Waals surface area (Å²) in [5.74, 6) is 0. The zero-order valence-electron chi connectivity index (χ0n) is 28.2. The number of nitrogens with zero attached hydrogens (tertiary/aromatic N) is 1. The highest BCUT2D eigenvalue weighted by molar-refractivity contribution is 7.85. The quantitative estimate of drug-likeness (QED) is 0.163. The Kier molecular flexibility index (Phi) is 7.09. The van der Waals surface area contributed by atoms with Crippen molar-refractivity contribution in [3.8, 4) is 27.9 Å². The Hall–Kier alpha value is -6.41. The highest BCUT2D eigenvalue weighted by atomic mass is 31.2. The maximum atomic E-state index is 15.7. The molecule has 4 heteroatoms. The van der Waals surface area contributed by atoms with Gasteiger partial charge in [0.2, 0.25) is 0 Å². The van der Waals surface area contributed by atoms with Crippen LogP contribution in [0.5, 0.6) is 0 Å². The standard InChI is InChI=1S/C48H32NO2P/c50-52(35-18-6-2-7-19-35,36-20-8-3-9-21-36)46-29-13-11-23-38(46)39-24-14-25-40-47-44(27-15-28-45(47)51-48(39)40)49-42-26-12-10-22-37(42)41-32-34(30-31-43(41)49)33-16-4-1-5-17-33/h1-32H. The van der Waals surface area contributed by atoms with Crippen LogP contribution in [0.2, 0.25) is 0 Å². The summed E-state index contributed by atoms with van der Waals surface area (Å²) >= 11 is 0. The molecule has 0 spiro atoms. The fourth-order valence-corrected chi connectivity index (χ4v) is 10.8. The first-order chi connectivity index (χ1) is 25.7. The lowest BCUT2D eigenvalue weighted by molar-refractivity contribution is 0.592. The van der Waals surface area contributed by atoms with Gasteiger partial charge in [0.1, 0.15) is 11.2 Å². The molecule has 0 aliphatic heterocycles. The maximum absolute atomic E-state index is 15.7. The molecule has 0 saturated heterocycles. The van der Waals surface area contributed by atoms with Crippen LogP contribution in [0, 0.1) is 0 Å². The second-order valence-electron chi connectivity index (χ2n) is 13.2. The molecule has 0 bridgehead atoms. The number of para-hydroxylation sites is 2. The van der Waals surface area contributed by atoms with E-state index in [1.165, 1.54) is 21.9 Å². The molecule has 0 radical (unpaired) electrons. The number of hydrogen-bond acceptors (Lipinski definition) is 2. The van der Waals surface area contributed by atoms with Gasteiger partial charge in [-0.1, -0.05) is 164 Å². The minimum absolute atomic E-state index is 0.775. The summed E-state index contributed by atoms with van der Waals surface area (Å²) in [6.07, 6.45) is 0. The molecule has 0 amide bonds. The Bertz CT molecular complexity index is 2940. The molecule has 2 aromatic heterocycles. The Labute approximate surface area is 301 Å². The fraction of sp³-hybridized carbons (Fsp3) is 0. The summed E-state index contributed by atoms with van der Waals surface area (Å²) in [6, 6.07) is 66.4. The van der Waals surface area contributed by atoms with Gasteiger partial charge in [0.05, 0.1) is 22.1 Å². The van der Waals surface area contributed by atoms with E-state index in [9.17, 15) is 0 Å². The normalized spacial score (nSPS) is 11.9. The molecule has 0 aliphatic carbocycles. The molecule has 10 aromatic rings. The second-order valence-corrected chi connectivity index (χ2v) is 15.9. The molecule has 8 aromatic carbocycles. The van der Waals surface area contributed by atoms with Crippen LogP contribution < -0.4 is 15.9 Å². The molecule has 3 nitrogen and oxygen atoms in total. The number of benzene rings is 8. The largest absolute Gasteiger partial charge is 0.455 e. The maximum Gasteiger partial charge on any atom is 0.171 e. The van der Waals surface area contributed by atoms with E-state index in [-0.39, 0.29) is 0 Å². The number of aromatic nitrogens is 1. The van der Waals surface area contributed by atoms with E-state index in [4.69, 9.17) is 4.42 Å². The smallest absolute Gasteiger partial charge is 0.171 e. The Morgan fingerprint density at radius 1 is 0.442 bits per heavy atom. The summed E-state index contributed by atoms with van der Waals surface area (Å²) in [5.41, 5.74) is 9.10. The first kappa shape index (κ1) is 30.4. The van der Waals surface area contributed by atoms with Crippen molar-refractivity contribution >= 4 is 66.8 Å². The van der Waals surface area contributed by atoms with Crippen molar-refractivity contribution in [2.24, 2.45) is 0 Å². The van der Waals surface area contributed by atoms with E-state index in [1.807, 2.05) is 78.9 Å². The van der Waals surface area contributed by atoms with Crippen molar-refractivity contribution in [3.05, 3.63) is 194 Å². The van der Waals surface area contributed by atoms with Gasteiger partial charge >= 0.3 is 0 Å². The Morgan fingerprint density at radius 3 is 1.81 bits per heavy atom. The van der Waals surface area contributed by atoms with Crippen molar-refractivity contribution in [2.75, 3.05) is 0 Å². The van der Waals surface area contributed by atoms with Crippen LogP contribution in [0.4, 0.5) is 0 Å². The molecular formula is C48H32NO2P. The van der Waals surface area contributed by atoms with Crippen LogP contribution in [0.1, 0.15) is 0 Å². The third-order valence-corrected chi connectivity index (χ3v) is 13.4. The number of rotatable bonds is 6. The number of furan rings is 1. The molecule has 2 heterocycles. The third kappa shape index (κ3) is 4.64. The predicted octanol–water partition coefficient (Wildman–Crippen LogP) is 11.7. The zero-order chi connectivity index (χ0) is 34.6. The van der Waals surface area contributed by atoms with Gasteiger partial charge in [0.25, 0.3) is 0 Å². The van der Waals surface area contributed by atoms with Crippen LogP contribution in [-0.4, -0.2) is 4.57 Å². The van der Waals surface area contributed by atoms with Crippen molar-refractivity contribution in [3.63, 3.8) is 0 Å². The van der Waals surface area contributed by atoms with Crippen LogP contribution in [-0.2, 0) is 4.57 Å². The molecule has 10 rings (SSSR count). The van der Waals surface area contributed by atoms with Gasteiger partial charge < -0.3 is 13.5 Å². The highest BCUT2D eigenvalue weighted by Gasteiger charge is 2.33. The fourth-order valence-electron chi connectivity index (χ4n) is 7.95. The highest BCUT2D eigenvalue weighted by Crippen LogP contribution is 2.47. The lowest BCUT2D eigenvalue weighted by Gasteiger charge is -2.23. The summed E-state index contributed by atoms with van der Waals surface area (Å²) in [6.45, 7) is 0. The lowest BCUT2D eigenvalue weighted by atomic mass is 10.0. The molecule has 0 fully saturated rings. The third-order valence-electron chi connectivity index (χ3n) is 10.3. The van der Waals surface area contributed by atoms with Crippen LogP contribution in [0.25, 0.3) is 71.7 Å². The van der Waals surface area contributed by atoms with Crippen LogP contribution in [0.3, 0.4) is 0 Å². The first-order valence-corrected chi connectivity index (χ1v) is 19.3. The average molecular weight is 686 g/mol. The summed E-state index contributed by atoms with van der Waals surface area (Å²) in [5, 5.41) is 6.85. The topological polar surface area (TPSA) is 35.1 Å². The molecule has 0 atom stereocenters. The molecule has 0 saturated carbocycles. The average Bonchev–Trinajstić information content (AvgIpc) is 3.77. The van der Waals surface area contributed by atoms with E-state index in [2.05, 4.69) is 120 Å². The van der Waals surface area contributed by atoms with E-state index in [0.717, 1.165) is 65.7 Å². The lowest BCUT2D eigenvalue weighted by Crippen LogP contribution is -2.26. The second kappa shape index (κ2) is 12.1. The summed E-state index contributed by atoms with van der Waals surface area (Å²) < 4.78 is 24.9. The molecule has 0 N–H and O–H groups in total. The van der Waals surface area contributed by atoms with E-state index in [0.29, 0.717) is 0 Å². The molecule has 0 aliphatic rings. The number of fused-ring (bicyclic) bond motifs is 6. The zero-order valence-corrected chi connectivity index (χ0v) is 29.1. The summed E-state index contributed by atoms with van der Waals surface area (Å²) in [7, 11) is -3.27. The SMILES string of the molecule is O=P(c1ccccc1)(c1ccccc1)c1ccccc1-c1cccc2c1oc1cccc(-n3c4ccccc4c4cc(-c5ccccc5)ccc43)c12. The first-order valence-electron chi connectivity index (χ1n) is 17.5. The summed E-state index contributed by atoms with van der Waals surface area (Å²) in [4.78, 5) is 0. The van der Waals surface area contributed by atoms with E-state index >= 15 is 4.57 Å². The van der Waals surface area contributed by atoms with Gasteiger partial charge in [-0.2, -0.15) is 0 Å². The monoisotopic (exact) mass is 685 g/mol. The van der Waals surface area contributed by atoms with Crippen molar-refractivity contribution in [1.82, 2.24) is 4.57 Å². The predicted molar refractivity (Wildman–Crippen MR) is 218 cm³/mol. The van der Waals surface area contributed by atoms with Gasteiger partial charge in [-0.25, -0.2) is 0 Å². The van der Waals surface area contributed by atoms with Gasteiger partial charge in [-0.05, 0) is 47.0 Å². The minimum atomic E-state index is -3.27. The van der Waals surface area contributed by atoms with E-state index < -0.39 is 7.14 Å². The Morgan fingerprint density at radius 2 is 1.04 bits per heavy atom. The van der Waals surface area contributed by atoms with Crippen LogP contribution >= 0.6 is 7.14 Å². The van der Waals surface area contributed by atoms with Gasteiger partial charge in [-0.15, -0.1) is 0 Å². The van der Waals surface area contributed by atoms with Crippen molar-refractivity contribution in [1.29, 1.82) is 0 Å². The van der Waals surface area contributed by atoms with Crippen molar-refractivity contribution < 1.29 is 8.98 Å². The molecular weight excluding hydrogens is 654 g/mol. The van der Waals surface area contributed by atoms with Gasteiger partial charge in [0, 0.05) is 37.6 Å². The number of hydrogen-bond donors (Lipinski definition) is 0. The van der Waals surface area contributed by atoms with Gasteiger partial charge in [0.15, 0.2) is 7.14 Å². The van der Waals surface area contributed by atoms with Crippen LogP contribution in [0.15, 0.2) is 199 Å². The molecule has 52 heavy (non-hydrogen) atoms. The van der Waals surface area contributed by atoms with Gasteiger partial charge in [-0.3, -0.25) is 0 Å². The van der Waals surface area contributed by atoms with E-state index in [1.54, 1.807) is 0 Å². The Balaban J connectivity index is 1.22. The molecule has 0 unspecified atom stereocenters. The minimum Gasteiger partial charge on any atom is -0.455 e. The molecule has 246 valence electrons. The van der Waals surface area contributed by atoms with Crippen molar-refractivity contribution in [2.45, 2.75) is 0 Å².